The molecule has 1 heterocycles. The first-order valence-electron chi connectivity index (χ1n) is 7.18. The minimum atomic E-state index is 0.709. The monoisotopic (exact) mass is 264 g/mol. The zero-order valence-electron chi connectivity index (χ0n) is 11.6. The lowest BCUT2D eigenvalue weighted by molar-refractivity contribution is 0.723. The van der Waals surface area contributed by atoms with E-state index in [0.717, 1.165) is 19.4 Å². The summed E-state index contributed by atoms with van der Waals surface area (Å²) in [5, 5.41) is 1.31. The summed E-state index contributed by atoms with van der Waals surface area (Å²) in [6, 6.07) is 19.5. The van der Waals surface area contributed by atoms with Gasteiger partial charge in [0.25, 0.3) is 0 Å². The van der Waals surface area contributed by atoms with E-state index in [9.17, 15) is 0 Å². The van der Waals surface area contributed by atoms with Crippen molar-refractivity contribution in [3.63, 3.8) is 0 Å². The lowest BCUT2D eigenvalue weighted by Gasteiger charge is -2.06. The van der Waals surface area contributed by atoms with Crippen LogP contribution in [0.15, 0.2) is 60.8 Å². The van der Waals surface area contributed by atoms with Gasteiger partial charge < -0.3 is 10.3 Å². The Morgan fingerprint density at radius 1 is 0.850 bits per heavy atom. The SMILES string of the molecule is NCCc1ccc2c(ccn2CCc2ccccc2)c1. The third-order valence-electron chi connectivity index (χ3n) is 3.75. The first-order valence-corrected chi connectivity index (χ1v) is 7.18. The van der Waals surface area contributed by atoms with Gasteiger partial charge in [-0.25, -0.2) is 0 Å². The number of nitrogens with zero attached hydrogens (tertiary/aromatic N) is 1. The zero-order chi connectivity index (χ0) is 13.8. The first kappa shape index (κ1) is 12.9. The predicted molar refractivity (Wildman–Crippen MR) is 84.8 cm³/mol. The van der Waals surface area contributed by atoms with E-state index in [2.05, 4.69) is 65.4 Å². The molecule has 3 aromatic rings. The van der Waals surface area contributed by atoms with Gasteiger partial charge in [0, 0.05) is 18.3 Å². The van der Waals surface area contributed by atoms with E-state index in [0.29, 0.717) is 6.54 Å². The molecule has 2 nitrogen and oxygen atoms in total. The van der Waals surface area contributed by atoms with Crippen molar-refractivity contribution in [2.45, 2.75) is 19.4 Å². The Morgan fingerprint density at radius 3 is 2.50 bits per heavy atom. The molecule has 2 heteroatoms. The van der Waals surface area contributed by atoms with Crippen LogP contribution < -0.4 is 5.73 Å². The van der Waals surface area contributed by atoms with Crippen LogP contribution in [0.2, 0.25) is 0 Å². The molecule has 2 aromatic carbocycles. The highest BCUT2D eigenvalue weighted by atomic mass is 14.9. The van der Waals surface area contributed by atoms with Crippen molar-refractivity contribution >= 4 is 10.9 Å². The van der Waals surface area contributed by atoms with Crippen LogP contribution in [-0.2, 0) is 19.4 Å². The Labute approximate surface area is 119 Å². The van der Waals surface area contributed by atoms with E-state index in [-0.39, 0.29) is 0 Å². The standard InChI is InChI=1S/C18H20N2/c19-11-8-16-6-7-18-17(14-16)10-13-20(18)12-9-15-4-2-1-3-5-15/h1-7,10,13-14H,8-9,11-12,19H2. The van der Waals surface area contributed by atoms with Crippen LogP contribution in [-0.4, -0.2) is 11.1 Å². The van der Waals surface area contributed by atoms with E-state index in [4.69, 9.17) is 5.73 Å². The molecule has 0 spiro atoms. The molecule has 0 aliphatic carbocycles. The summed E-state index contributed by atoms with van der Waals surface area (Å²) < 4.78 is 2.33. The van der Waals surface area contributed by atoms with Gasteiger partial charge in [-0.1, -0.05) is 36.4 Å². The molecule has 0 bridgehead atoms. The van der Waals surface area contributed by atoms with Crippen LogP contribution in [0.5, 0.6) is 0 Å². The highest BCUT2D eigenvalue weighted by molar-refractivity contribution is 5.80. The molecular formula is C18H20N2. The molecule has 0 unspecified atom stereocenters. The second-order valence-electron chi connectivity index (χ2n) is 5.18. The Morgan fingerprint density at radius 2 is 1.70 bits per heavy atom. The number of hydrogen-bond donors (Lipinski definition) is 1. The normalized spacial score (nSPS) is 11.1. The molecule has 0 saturated heterocycles. The van der Waals surface area contributed by atoms with Gasteiger partial charge in [-0.3, -0.25) is 0 Å². The van der Waals surface area contributed by atoms with Crippen LogP contribution in [0.1, 0.15) is 11.1 Å². The van der Waals surface area contributed by atoms with Gasteiger partial charge in [0.15, 0.2) is 0 Å². The molecule has 0 amide bonds. The number of rotatable bonds is 5. The number of benzene rings is 2. The maximum atomic E-state index is 5.62. The highest BCUT2D eigenvalue weighted by Crippen LogP contribution is 2.18. The number of aromatic nitrogens is 1. The Hall–Kier alpha value is -2.06. The Bertz CT molecular complexity index is 683. The van der Waals surface area contributed by atoms with Gasteiger partial charge in [-0.05, 0) is 54.1 Å². The van der Waals surface area contributed by atoms with Crippen LogP contribution in [0.3, 0.4) is 0 Å². The Kier molecular flexibility index (Phi) is 3.84. The van der Waals surface area contributed by atoms with Gasteiger partial charge in [0.2, 0.25) is 0 Å². The molecule has 3 rings (SSSR count). The molecule has 20 heavy (non-hydrogen) atoms. The fourth-order valence-corrected chi connectivity index (χ4v) is 2.66. The molecule has 0 atom stereocenters. The molecule has 0 fully saturated rings. The number of aryl methyl sites for hydroxylation is 2. The van der Waals surface area contributed by atoms with E-state index in [1.807, 2.05) is 0 Å². The minimum absolute atomic E-state index is 0.709. The summed E-state index contributed by atoms with van der Waals surface area (Å²) in [5.74, 6) is 0. The number of nitrogens with two attached hydrogens (primary N) is 1. The molecule has 102 valence electrons. The quantitative estimate of drug-likeness (QED) is 0.752. The van der Waals surface area contributed by atoms with Gasteiger partial charge in [-0.15, -0.1) is 0 Å². The van der Waals surface area contributed by atoms with Crippen LogP contribution in [0, 0.1) is 0 Å². The Balaban J connectivity index is 1.78. The zero-order valence-corrected chi connectivity index (χ0v) is 11.6. The van der Waals surface area contributed by atoms with Crippen molar-refractivity contribution in [1.82, 2.24) is 4.57 Å². The maximum absolute atomic E-state index is 5.62. The largest absolute Gasteiger partial charge is 0.347 e. The van der Waals surface area contributed by atoms with Crippen molar-refractivity contribution in [3.8, 4) is 0 Å². The van der Waals surface area contributed by atoms with Crippen molar-refractivity contribution in [1.29, 1.82) is 0 Å². The number of fused-ring (bicyclic) bond motifs is 1. The van der Waals surface area contributed by atoms with Crippen LogP contribution >= 0.6 is 0 Å². The van der Waals surface area contributed by atoms with Crippen molar-refractivity contribution in [2.75, 3.05) is 6.54 Å². The maximum Gasteiger partial charge on any atom is 0.0480 e. The van der Waals surface area contributed by atoms with Crippen molar-refractivity contribution in [3.05, 3.63) is 71.9 Å². The minimum Gasteiger partial charge on any atom is -0.347 e. The van der Waals surface area contributed by atoms with Gasteiger partial charge in [-0.2, -0.15) is 0 Å². The second kappa shape index (κ2) is 5.93. The highest BCUT2D eigenvalue weighted by Gasteiger charge is 2.02. The van der Waals surface area contributed by atoms with Gasteiger partial charge in [0.05, 0.1) is 0 Å². The molecule has 0 radical (unpaired) electrons. The summed E-state index contributed by atoms with van der Waals surface area (Å²) in [7, 11) is 0. The second-order valence-corrected chi connectivity index (χ2v) is 5.18. The summed E-state index contributed by atoms with van der Waals surface area (Å²) in [5.41, 5.74) is 9.63. The van der Waals surface area contributed by atoms with Crippen molar-refractivity contribution in [2.24, 2.45) is 5.73 Å². The van der Waals surface area contributed by atoms with Crippen LogP contribution in [0.4, 0.5) is 0 Å². The van der Waals surface area contributed by atoms with E-state index in [1.54, 1.807) is 0 Å². The fourth-order valence-electron chi connectivity index (χ4n) is 2.66. The molecule has 0 aliphatic heterocycles. The van der Waals surface area contributed by atoms with Gasteiger partial charge >= 0.3 is 0 Å². The summed E-state index contributed by atoms with van der Waals surface area (Å²) in [6.45, 7) is 1.73. The average Bonchev–Trinajstić information content (AvgIpc) is 2.89. The summed E-state index contributed by atoms with van der Waals surface area (Å²) in [4.78, 5) is 0. The average molecular weight is 264 g/mol. The fraction of sp³-hybridized carbons (Fsp3) is 0.222. The first-order chi connectivity index (χ1) is 9.86. The lowest BCUT2D eigenvalue weighted by atomic mass is 10.1. The van der Waals surface area contributed by atoms with E-state index in [1.165, 1.54) is 22.0 Å². The van der Waals surface area contributed by atoms with Crippen molar-refractivity contribution < 1.29 is 0 Å². The number of hydrogen-bond acceptors (Lipinski definition) is 1. The van der Waals surface area contributed by atoms with E-state index < -0.39 is 0 Å². The molecule has 0 aliphatic rings. The van der Waals surface area contributed by atoms with E-state index >= 15 is 0 Å². The molecule has 0 saturated carbocycles. The topological polar surface area (TPSA) is 30.9 Å². The van der Waals surface area contributed by atoms with Crippen LogP contribution in [0.25, 0.3) is 10.9 Å². The molecule has 2 N–H and O–H groups in total. The molecular weight excluding hydrogens is 244 g/mol. The summed E-state index contributed by atoms with van der Waals surface area (Å²) >= 11 is 0. The third kappa shape index (κ3) is 2.75. The smallest absolute Gasteiger partial charge is 0.0480 e. The summed E-state index contributed by atoms with van der Waals surface area (Å²) in [6.07, 6.45) is 4.19. The lowest BCUT2D eigenvalue weighted by Crippen LogP contribution is -2.03. The predicted octanol–water partition coefficient (Wildman–Crippen LogP) is 3.39. The molecule has 1 aromatic heterocycles. The third-order valence-corrected chi connectivity index (χ3v) is 3.75. The van der Waals surface area contributed by atoms with Gasteiger partial charge in [0.1, 0.15) is 0 Å².